The van der Waals surface area contributed by atoms with Gasteiger partial charge in [0.1, 0.15) is 54.6 Å². The molecule has 2 heterocycles. The summed E-state index contributed by atoms with van der Waals surface area (Å²) < 4.78 is 75.8. The molecule has 10 atom stereocenters. The van der Waals surface area contributed by atoms with Gasteiger partial charge in [-0.1, -0.05) is 194 Å². The molecule has 2 fully saturated rings. The lowest BCUT2D eigenvalue weighted by Crippen LogP contribution is -2.66. The predicted octanol–water partition coefficient (Wildman–Crippen LogP) is 10.5. The van der Waals surface area contributed by atoms with Crippen LogP contribution in [-0.4, -0.2) is 86.8 Å². The van der Waals surface area contributed by atoms with Gasteiger partial charge in [-0.15, -0.1) is 0 Å². The lowest BCUT2D eigenvalue weighted by Gasteiger charge is -2.50. The maximum Gasteiger partial charge on any atom is 0.187 e. The van der Waals surface area contributed by atoms with Crippen LogP contribution in [0, 0.1) is 0 Å². The largest absolute Gasteiger partial charge is 0.508 e. The van der Waals surface area contributed by atoms with Crippen LogP contribution in [-0.2, 0) is 98.4 Å². The minimum Gasteiger partial charge on any atom is -0.508 e. The highest BCUT2D eigenvalue weighted by Gasteiger charge is 2.54. The van der Waals surface area contributed by atoms with E-state index in [0.29, 0.717) is 6.61 Å². The Kier molecular flexibility index (Phi) is 19.9. The Morgan fingerprint density at radius 1 is 0.324 bits per heavy atom. The van der Waals surface area contributed by atoms with Crippen LogP contribution in [0.3, 0.4) is 0 Å². The van der Waals surface area contributed by atoms with E-state index in [1.807, 2.05) is 194 Å². The zero-order valence-corrected chi connectivity index (χ0v) is 41.7. The van der Waals surface area contributed by atoms with Crippen molar-refractivity contribution in [2.24, 2.45) is 0 Å². The molecule has 12 nitrogen and oxygen atoms in total. The highest BCUT2D eigenvalue weighted by atomic mass is 16.8. The highest BCUT2D eigenvalue weighted by molar-refractivity contribution is 5.25. The molecule has 2 saturated heterocycles. The molecule has 74 heavy (non-hydrogen) atoms. The summed E-state index contributed by atoms with van der Waals surface area (Å²) >= 11 is 0. The van der Waals surface area contributed by atoms with E-state index >= 15 is 0 Å². The number of aromatic hydroxyl groups is 1. The number of benzene rings is 7. The maximum absolute atomic E-state index is 9.98. The van der Waals surface area contributed by atoms with Gasteiger partial charge >= 0.3 is 0 Å². The van der Waals surface area contributed by atoms with Gasteiger partial charge in [-0.2, -0.15) is 0 Å². The summed E-state index contributed by atoms with van der Waals surface area (Å²) in [6.07, 6.45) is -8.46. The third kappa shape index (κ3) is 15.3. The second-order valence-electron chi connectivity index (χ2n) is 18.4. The molecule has 0 spiro atoms. The van der Waals surface area contributed by atoms with E-state index in [-0.39, 0.29) is 58.6 Å². The zero-order valence-electron chi connectivity index (χ0n) is 41.7. The number of hydrogen-bond acceptors (Lipinski definition) is 12. The SMILES string of the molecule is CO[C@@H]1O[C@H](COCc2ccc(O)cc2)[C@H](OCc2ccccc2)[C@H](O[C@H]2O[C@H](COCc3ccccc3)[C@H](OCc3ccccc3)[C@H](OCc3ccccc3)[C@H]2OCc2ccccc2)[C@H]1OCc1ccccc1. The number of methoxy groups -OCH3 is 1. The van der Waals surface area contributed by atoms with E-state index in [1.54, 1.807) is 19.2 Å². The molecule has 12 heteroatoms. The summed E-state index contributed by atoms with van der Waals surface area (Å²) in [6, 6.07) is 66.9. The number of phenolic OH excluding ortho intramolecular Hbond substituents is 1. The van der Waals surface area contributed by atoms with Crippen LogP contribution in [0.25, 0.3) is 0 Å². The van der Waals surface area contributed by atoms with E-state index in [2.05, 4.69) is 0 Å². The smallest absolute Gasteiger partial charge is 0.187 e. The maximum atomic E-state index is 9.98. The van der Waals surface area contributed by atoms with Crippen molar-refractivity contribution in [1.82, 2.24) is 0 Å². The summed E-state index contributed by atoms with van der Waals surface area (Å²) in [5, 5.41) is 9.98. The van der Waals surface area contributed by atoms with Crippen LogP contribution in [0.15, 0.2) is 206 Å². The summed E-state index contributed by atoms with van der Waals surface area (Å²) in [6.45, 7) is 2.00. The predicted molar refractivity (Wildman–Crippen MR) is 278 cm³/mol. The molecule has 0 bridgehead atoms. The van der Waals surface area contributed by atoms with Crippen molar-refractivity contribution < 1.29 is 57.2 Å². The molecule has 0 saturated carbocycles. The summed E-state index contributed by atoms with van der Waals surface area (Å²) in [5.41, 5.74) is 6.70. The van der Waals surface area contributed by atoms with Crippen molar-refractivity contribution >= 4 is 0 Å². The average molecular weight is 1000 g/mol. The molecule has 0 aliphatic carbocycles. The Morgan fingerprint density at radius 2 is 0.622 bits per heavy atom. The van der Waals surface area contributed by atoms with Crippen molar-refractivity contribution in [2.75, 3.05) is 20.3 Å². The normalized spacial score (nSPS) is 23.9. The van der Waals surface area contributed by atoms with Crippen LogP contribution in [0.4, 0.5) is 0 Å². The molecule has 7 aromatic carbocycles. The van der Waals surface area contributed by atoms with Crippen molar-refractivity contribution in [1.29, 1.82) is 0 Å². The van der Waals surface area contributed by atoms with Crippen LogP contribution in [0.1, 0.15) is 38.9 Å². The van der Waals surface area contributed by atoms with E-state index in [0.717, 1.165) is 38.9 Å². The average Bonchev–Trinajstić information content (AvgIpc) is 3.45. The summed E-state index contributed by atoms with van der Waals surface area (Å²) in [7, 11) is 1.59. The molecule has 0 amide bonds. The molecule has 1 N–H and O–H groups in total. The Hall–Kier alpha value is -6.10. The van der Waals surface area contributed by atoms with Gasteiger partial charge in [0, 0.05) is 7.11 Å². The molecule has 9 rings (SSSR count). The molecule has 2 aliphatic heterocycles. The quantitative estimate of drug-likeness (QED) is 0.0556. The van der Waals surface area contributed by atoms with Gasteiger partial charge in [-0.25, -0.2) is 0 Å². The number of phenols is 1. The first-order chi connectivity index (χ1) is 36.6. The van der Waals surface area contributed by atoms with Crippen molar-refractivity contribution in [3.8, 4) is 5.75 Å². The molecule has 386 valence electrons. The Labute approximate surface area is 434 Å². The monoisotopic (exact) mass is 1000 g/mol. The molecule has 0 aromatic heterocycles. The summed E-state index contributed by atoms with van der Waals surface area (Å²) in [4.78, 5) is 0. The molecular weight excluding hydrogens is 937 g/mol. The van der Waals surface area contributed by atoms with Crippen LogP contribution < -0.4 is 0 Å². The lowest BCUT2D eigenvalue weighted by molar-refractivity contribution is -0.377. The van der Waals surface area contributed by atoms with Gasteiger partial charge in [-0.05, 0) is 51.1 Å². The zero-order chi connectivity index (χ0) is 50.6. The Bertz CT molecular complexity index is 2620. The topological polar surface area (TPSA) is 122 Å². The van der Waals surface area contributed by atoms with E-state index < -0.39 is 61.4 Å². The van der Waals surface area contributed by atoms with Gasteiger partial charge in [0.05, 0.1) is 59.5 Å². The van der Waals surface area contributed by atoms with Crippen LogP contribution >= 0.6 is 0 Å². The molecule has 0 radical (unpaired) electrons. The van der Waals surface area contributed by atoms with Gasteiger partial charge < -0.3 is 57.2 Å². The van der Waals surface area contributed by atoms with Gasteiger partial charge in [0.15, 0.2) is 12.6 Å². The lowest BCUT2D eigenvalue weighted by atomic mass is 9.95. The first-order valence-electron chi connectivity index (χ1n) is 25.3. The molecule has 0 unspecified atom stereocenters. The van der Waals surface area contributed by atoms with Crippen molar-refractivity contribution in [3.63, 3.8) is 0 Å². The minimum absolute atomic E-state index is 0.0963. The van der Waals surface area contributed by atoms with Gasteiger partial charge in [0.2, 0.25) is 0 Å². The minimum atomic E-state index is -1.12. The second kappa shape index (κ2) is 28.0. The number of ether oxygens (including phenoxy) is 11. The number of hydrogen-bond donors (Lipinski definition) is 1. The Morgan fingerprint density at radius 3 is 1.00 bits per heavy atom. The first-order valence-corrected chi connectivity index (χ1v) is 25.3. The number of rotatable bonds is 26. The second-order valence-corrected chi connectivity index (χ2v) is 18.4. The fourth-order valence-corrected chi connectivity index (χ4v) is 9.16. The van der Waals surface area contributed by atoms with Crippen LogP contribution in [0.5, 0.6) is 5.75 Å². The third-order valence-corrected chi connectivity index (χ3v) is 13.0. The van der Waals surface area contributed by atoms with Crippen molar-refractivity contribution in [2.45, 2.75) is 108 Å². The van der Waals surface area contributed by atoms with E-state index in [1.165, 1.54) is 0 Å². The third-order valence-electron chi connectivity index (χ3n) is 13.0. The Balaban J connectivity index is 1.11. The fraction of sp³-hybridized carbons (Fsp3) is 0.323. The standard InChI is InChI=1S/C62H66O12/c1-64-61-60(71-42-50-30-18-7-19-31-50)58(56(68-39-47-24-12-4-13-25-47)54(72-61)44-66-37-51-32-34-52(63)35-33-51)74-62-59(70-41-49-28-16-6-17-29-49)57(69-40-48-26-14-5-15-27-48)55(67-38-46-22-10-3-11-23-46)53(73-62)43-65-36-45-20-8-2-9-21-45/h2-35,53-63H,36-44H2,1H3/t53-,54-,55+,56+,57+,58+,59-,60-,61-,62-/m1/s1. The van der Waals surface area contributed by atoms with Crippen molar-refractivity contribution in [3.05, 3.63) is 245 Å². The van der Waals surface area contributed by atoms with E-state index in [4.69, 9.17) is 52.1 Å². The fourth-order valence-electron chi connectivity index (χ4n) is 9.16. The van der Waals surface area contributed by atoms with Crippen LogP contribution in [0.2, 0.25) is 0 Å². The highest BCUT2D eigenvalue weighted by Crippen LogP contribution is 2.37. The van der Waals surface area contributed by atoms with Gasteiger partial charge in [-0.3, -0.25) is 0 Å². The van der Waals surface area contributed by atoms with Gasteiger partial charge in [0.25, 0.3) is 0 Å². The summed E-state index contributed by atoms with van der Waals surface area (Å²) in [5.74, 6) is 0.172. The molecule has 2 aliphatic rings. The molecule has 7 aromatic rings. The van der Waals surface area contributed by atoms with E-state index in [9.17, 15) is 5.11 Å². The molecular formula is C62H66O12. The first kappa shape index (κ1) is 52.8.